The van der Waals surface area contributed by atoms with E-state index in [0.717, 1.165) is 25.0 Å². The van der Waals surface area contributed by atoms with E-state index in [9.17, 15) is 9.90 Å². The van der Waals surface area contributed by atoms with Crippen LogP contribution in [0.5, 0.6) is 5.75 Å². The summed E-state index contributed by atoms with van der Waals surface area (Å²) in [5.74, 6) is 0.130. The van der Waals surface area contributed by atoms with Crippen LogP contribution < -0.4 is 10.2 Å². The standard InChI is InChI=1S/C11H16N2O.C8H9NO/c1-3-13(4-2)10-6-5-9(8-12)11(14)7-10;1-9-8(10)7-5-3-2-4-6-7/h5-8,12,14H,3-4H2,1-2H3;2-6H,1H3,(H,9,10). The van der Waals surface area contributed by atoms with Gasteiger partial charge < -0.3 is 20.7 Å². The number of benzene rings is 2. The SMILES string of the molecule is CCN(CC)c1ccc(C=N)c(O)c1.CNC(=O)c1ccccc1. The highest BCUT2D eigenvalue weighted by atomic mass is 16.3. The minimum atomic E-state index is -0.0411. The summed E-state index contributed by atoms with van der Waals surface area (Å²) in [4.78, 5) is 13.0. The monoisotopic (exact) mass is 327 g/mol. The van der Waals surface area contributed by atoms with E-state index in [4.69, 9.17) is 5.41 Å². The number of nitrogens with zero attached hydrogens (tertiary/aromatic N) is 1. The average molecular weight is 327 g/mol. The Balaban J connectivity index is 0.000000254. The summed E-state index contributed by atoms with van der Waals surface area (Å²) in [5, 5.41) is 19.1. The lowest BCUT2D eigenvalue weighted by Crippen LogP contribution is -2.21. The van der Waals surface area contributed by atoms with Crippen LogP contribution in [0.2, 0.25) is 0 Å². The number of phenols is 1. The Hall–Kier alpha value is -2.82. The molecule has 1 amide bonds. The van der Waals surface area contributed by atoms with Gasteiger partial charge in [-0.1, -0.05) is 18.2 Å². The molecule has 0 spiro atoms. The first-order valence-corrected chi connectivity index (χ1v) is 7.92. The Morgan fingerprint density at radius 2 is 1.79 bits per heavy atom. The van der Waals surface area contributed by atoms with E-state index in [1.54, 1.807) is 31.3 Å². The van der Waals surface area contributed by atoms with Crippen LogP contribution in [-0.4, -0.2) is 37.4 Å². The van der Waals surface area contributed by atoms with Gasteiger partial charge in [0.2, 0.25) is 0 Å². The lowest BCUT2D eigenvalue weighted by molar-refractivity contribution is 0.0963. The fourth-order valence-corrected chi connectivity index (χ4v) is 2.17. The number of hydrogen-bond donors (Lipinski definition) is 3. The van der Waals surface area contributed by atoms with Crippen molar-refractivity contribution >= 4 is 17.8 Å². The molecule has 3 N–H and O–H groups in total. The lowest BCUT2D eigenvalue weighted by atomic mass is 10.2. The van der Waals surface area contributed by atoms with E-state index in [1.165, 1.54) is 0 Å². The smallest absolute Gasteiger partial charge is 0.251 e. The second-order valence-corrected chi connectivity index (χ2v) is 5.00. The van der Waals surface area contributed by atoms with Crippen LogP contribution in [-0.2, 0) is 0 Å². The summed E-state index contributed by atoms with van der Waals surface area (Å²) in [7, 11) is 1.62. The molecule has 0 radical (unpaired) electrons. The van der Waals surface area contributed by atoms with Crippen LogP contribution in [0.15, 0.2) is 48.5 Å². The van der Waals surface area contributed by atoms with Gasteiger partial charge in [0.15, 0.2) is 0 Å². The zero-order valence-corrected chi connectivity index (χ0v) is 14.4. The number of phenolic OH excluding ortho intramolecular Hbond substituents is 1. The summed E-state index contributed by atoms with van der Waals surface area (Å²) in [6, 6.07) is 14.5. The Morgan fingerprint density at radius 1 is 1.17 bits per heavy atom. The topological polar surface area (TPSA) is 76.4 Å². The first-order chi connectivity index (χ1) is 11.6. The summed E-state index contributed by atoms with van der Waals surface area (Å²) in [6.45, 7) is 5.98. The third-order valence-electron chi connectivity index (χ3n) is 3.56. The molecular formula is C19H25N3O2. The normalized spacial score (nSPS) is 9.46. The Morgan fingerprint density at radius 3 is 2.25 bits per heavy atom. The van der Waals surface area contributed by atoms with Gasteiger partial charge in [-0.3, -0.25) is 4.79 Å². The largest absolute Gasteiger partial charge is 0.507 e. The number of amides is 1. The zero-order valence-electron chi connectivity index (χ0n) is 14.4. The predicted octanol–water partition coefficient (Wildman–Crippen LogP) is 3.28. The molecule has 2 aromatic rings. The minimum Gasteiger partial charge on any atom is -0.507 e. The lowest BCUT2D eigenvalue weighted by Gasteiger charge is -2.21. The average Bonchev–Trinajstić information content (AvgIpc) is 2.63. The quantitative estimate of drug-likeness (QED) is 0.738. The summed E-state index contributed by atoms with van der Waals surface area (Å²) < 4.78 is 0. The van der Waals surface area contributed by atoms with Gasteiger partial charge >= 0.3 is 0 Å². The number of nitrogens with one attached hydrogen (secondary N) is 2. The molecule has 0 bridgehead atoms. The van der Waals surface area contributed by atoms with Gasteiger partial charge in [-0.2, -0.15) is 0 Å². The van der Waals surface area contributed by atoms with Crippen LogP contribution in [0.1, 0.15) is 29.8 Å². The first kappa shape index (κ1) is 19.2. The van der Waals surface area contributed by atoms with E-state index in [1.807, 2.05) is 24.3 Å². The number of carbonyl (C=O) groups excluding carboxylic acids is 1. The van der Waals surface area contributed by atoms with Crippen LogP contribution in [0, 0.1) is 5.41 Å². The zero-order chi connectivity index (χ0) is 17.9. The van der Waals surface area contributed by atoms with Crippen LogP contribution in [0.25, 0.3) is 0 Å². The van der Waals surface area contributed by atoms with Gasteiger partial charge in [0, 0.05) is 49.2 Å². The van der Waals surface area contributed by atoms with Crippen molar-refractivity contribution in [1.29, 1.82) is 5.41 Å². The Labute approximate surface area is 143 Å². The van der Waals surface area contributed by atoms with Crippen molar-refractivity contribution in [2.75, 3.05) is 25.0 Å². The maximum Gasteiger partial charge on any atom is 0.251 e. The fraction of sp³-hybridized carbons (Fsp3) is 0.263. The van der Waals surface area contributed by atoms with Gasteiger partial charge in [0.25, 0.3) is 5.91 Å². The molecule has 5 heteroatoms. The Kier molecular flexibility index (Phi) is 8.05. The van der Waals surface area contributed by atoms with Crippen LogP contribution in [0.4, 0.5) is 5.69 Å². The molecule has 24 heavy (non-hydrogen) atoms. The van der Waals surface area contributed by atoms with E-state index < -0.39 is 0 Å². The van der Waals surface area contributed by atoms with Gasteiger partial charge in [0.05, 0.1) is 0 Å². The highest BCUT2D eigenvalue weighted by Gasteiger charge is 2.04. The van der Waals surface area contributed by atoms with E-state index in [-0.39, 0.29) is 11.7 Å². The summed E-state index contributed by atoms with van der Waals surface area (Å²) >= 11 is 0. The molecule has 0 aliphatic heterocycles. The molecule has 0 unspecified atom stereocenters. The molecule has 0 aromatic heterocycles. The molecule has 128 valence electrons. The molecule has 0 atom stereocenters. The maximum atomic E-state index is 10.9. The molecule has 2 aromatic carbocycles. The molecule has 0 aliphatic rings. The number of carbonyl (C=O) groups is 1. The van der Waals surface area contributed by atoms with E-state index in [2.05, 4.69) is 24.1 Å². The van der Waals surface area contributed by atoms with Gasteiger partial charge in [-0.15, -0.1) is 0 Å². The Bertz CT molecular complexity index is 653. The molecule has 0 saturated carbocycles. The highest BCUT2D eigenvalue weighted by molar-refractivity contribution is 5.93. The van der Waals surface area contributed by atoms with Crippen LogP contribution >= 0.6 is 0 Å². The number of rotatable bonds is 5. The third-order valence-corrected chi connectivity index (χ3v) is 3.56. The minimum absolute atomic E-state index is 0.0411. The summed E-state index contributed by atoms with van der Waals surface area (Å²) in [6.07, 6.45) is 1.15. The molecular weight excluding hydrogens is 302 g/mol. The van der Waals surface area contributed by atoms with Crippen molar-refractivity contribution in [1.82, 2.24) is 5.32 Å². The van der Waals surface area contributed by atoms with Crippen molar-refractivity contribution in [2.24, 2.45) is 0 Å². The highest BCUT2D eigenvalue weighted by Crippen LogP contribution is 2.23. The van der Waals surface area contributed by atoms with Crippen molar-refractivity contribution in [3.63, 3.8) is 0 Å². The number of aromatic hydroxyl groups is 1. The number of hydrogen-bond acceptors (Lipinski definition) is 4. The van der Waals surface area contributed by atoms with E-state index >= 15 is 0 Å². The second-order valence-electron chi connectivity index (χ2n) is 5.00. The van der Waals surface area contributed by atoms with Gasteiger partial charge in [0.1, 0.15) is 5.75 Å². The molecule has 0 heterocycles. The van der Waals surface area contributed by atoms with Crippen molar-refractivity contribution in [3.8, 4) is 5.75 Å². The summed E-state index contributed by atoms with van der Waals surface area (Å²) in [5.41, 5.74) is 2.25. The van der Waals surface area contributed by atoms with Crippen molar-refractivity contribution < 1.29 is 9.90 Å². The van der Waals surface area contributed by atoms with Crippen molar-refractivity contribution in [2.45, 2.75) is 13.8 Å². The molecule has 0 saturated heterocycles. The second kappa shape index (κ2) is 10.0. The number of anilines is 1. The molecule has 0 aliphatic carbocycles. The van der Waals surface area contributed by atoms with Gasteiger partial charge in [-0.25, -0.2) is 0 Å². The van der Waals surface area contributed by atoms with Gasteiger partial charge in [-0.05, 0) is 38.1 Å². The van der Waals surface area contributed by atoms with Crippen LogP contribution in [0.3, 0.4) is 0 Å². The predicted molar refractivity (Wildman–Crippen MR) is 99.4 cm³/mol. The first-order valence-electron chi connectivity index (χ1n) is 7.92. The maximum absolute atomic E-state index is 10.9. The van der Waals surface area contributed by atoms with E-state index in [0.29, 0.717) is 11.1 Å². The molecule has 0 fully saturated rings. The van der Waals surface area contributed by atoms with Crippen molar-refractivity contribution in [3.05, 3.63) is 59.7 Å². The third kappa shape index (κ3) is 5.43. The molecule has 5 nitrogen and oxygen atoms in total. The molecule has 2 rings (SSSR count). The fourth-order valence-electron chi connectivity index (χ4n) is 2.17.